The number of anilines is 1. The number of nitrogens with zero attached hydrogens (tertiary/aromatic N) is 2. The molecule has 1 atom stereocenters. The van der Waals surface area contributed by atoms with Crippen LogP contribution >= 0.6 is 0 Å². The summed E-state index contributed by atoms with van der Waals surface area (Å²) in [5.41, 5.74) is 0.622. The molecule has 1 heterocycles. The summed E-state index contributed by atoms with van der Waals surface area (Å²) in [6.45, 7) is 1.20. The molecule has 0 aromatic heterocycles. The van der Waals surface area contributed by atoms with Crippen molar-refractivity contribution >= 4 is 29.4 Å². The molecule has 1 aliphatic heterocycles. The van der Waals surface area contributed by atoms with Crippen molar-refractivity contribution in [1.29, 1.82) is 0 Å². The third-order valence-electron chi connectivity index (χ3n) is 5.32. The second-order valence-electron chi connectivity index (χ2n) is 7.46. The molecule has 10 nitrogen and oxygen atoms in total. The van der Waals surface area contributed by atoms with E-state index in [0.717, 1.165) is 4.90 Å². The molecule has 0 bridgehead atoms. The number of benzene rings is 2. The van der Waals surface area contributed by atoms with E-state index in [0.29, 0.717) is 17.0 Å². The summed E-state index contributed by atoms with van der Waals surface area (Å²) in [6.07, 6.45) is -1.01. The van der Waals surface area contributed by atoms with Crippen molar-refractivity contribution in [2.45, 2.75) is 25.7 Å². The summed E-state index contributed by atoms with van der Waals surface area (Å²) in [5, 5.41) is 0. The normalized spacial score (nSPS) is 15.6. The summed E-state index contributed by atoms with van der Waals surface area (Å²) < 4.78 is 20.6. The molecular formula is C24H26N2O8. The minimum absolute atomic E-state index is 0.0687. The standard InChI is InChI=1S/C24H26N2O8/c1-15(27)34-19-11-7-17(8-12-19)26-21(28)13-20(24(26)30)25(14-22(32-3)33-4)23(29)16-5-9-18(31-2)10-6-16/h5-12,20,22H,13-14H2,1-4H3. The molecule has 0 radical (unpaired) electrons. The van der Waals surface area contributed by atoms with E-state index in [9.17, 15) is 19.2 Å². The van der Waals surface area contributed by atoms with Gasteiger partial charge in [-0.25, -0.2) is 4.90 Å². The molecule has 1 aliphatic rings. The molecule has 180 valence electrons. The second kappa shape index (κ2) is 10.9. The van der Waals surface area contributed by atoms with Crippen molar-refractivity contribution in [1.82, 2.24) is 4.90 Å². The molecule has 2 aromatic carbocycles. The first kappa shape index (κ1) is 24.9. The molecule has 2 aromatic rings. The van der Waals surface area contributed by atoms with Crippen molar-refractivity contribution in [2.75, 3.05) is 32.8 Å². The molecule has 34 heavy (non-hydrogen) atoms. The van der Waals surface area contributed by atoms with Gasteiger partial charge in [-0.05, 0) is 48.5 Å². The number of carbonyl (C=O) groups excluding carboxylic acids is 4. The van der Waals surface area contributed by atoms with Gasteiger partial charge < -0.3 is 23.8 Å². The van der Waals surface area contributed by atoms with Gasteiger partial charge in [0.25, 0.3) is 11.8 Å². The average Bonchev–Trinajstić information content (AvgIpc) is 3.13. The fourth-order valence-electron chi connectivity index (χ4n) is 3.62. The number of methoxy groups -OCH3 is 3. The first-order valence-electron chi connectivity index (χ1n) is 10.4. The fraction of sp³-hybridized carbons (Fsp3) is 0.333. The van der Waals surface area contributed by atoms with Gasteiger partial charge >= 0.3 is 5.97 Å². The number of hydrogen-bond acceptors (Lipinski definition) is 8. The highest BCUT2D eigenvalue weighted by molar-refractivity contribution is 6.23. The van der Waals surface area contributed by atoms with E-state index in [4.69, 9.17) is 18.9 Å². The second-order valence-corrected chi connectivity index (χ2v) is 7.46. The first-order valence-corrected chi connectivity index (χ1v) is 10.4. The van der Waals surface area contributed by atoms with Gasteiger partial charge in [-0.1, -0.05) is 0 Å². The Balaban J connectivity index is 1.89. The molecule has 1 unspecified atom stereocenters. The number of esters is 1. The average molecular weight is 470 g/mol. The van der Waals surface area contributed by atoms with Gasteiger partial charge in [0.15, 0.2) is 6.29 Å². The SMILES string of the molecule is COc1ccc(C(=O)N(CC(OC)OC)C2CC(=O)N(c3ccc(OC(C)=O)cc3)C2=O)cc1. The highest BCUT2D eigenvalue weighted by Crippen LogP contribution is 2.29. The molecule has 3 rings (SSSR count). The lowest BCUT2D eigenvalue weighted by molar-refractivity contribution is -0.132. The zero-order valence-electron chi connectivity index (χ0n) is 19.3. The molecule has 0 aliphatic carbocycles. The lowest BCUT2D eigenvalue weighted by Gasteiger charge is -2.30. The van der Waals surface area contributed by atoms with Gasteiger partial charge in [-0.3, -0.25) is 19.2 Å². The van der Waals surface area contributed by atoms with Gasteiger partial charge in [0, 0.05) is 26.7 Å². The van der Waals surface area contributed by atoms with E-state index in [1.54, 1.807) is 24.3 Å². The molecule has 0 spiro atoms. The predicted octanol–water partition coefficient (Wildman–Crippen LogP) is 2.01. The van der Waals surface area contributed by atoms with E-state index in [-0.39, 0.29) is 18.7 Å². The van der Waals surface area contributed by atoms with Crippen LogP contribution < -0.4 is 14.4 Å². The van der Waals surface area contributed by atoms with Crippen LogP contribution in [0.25, 0.3) is 0 Å². The van der Waals surface area contributed by atoms with Crippen molar-refractivity contribution in [3.05, 3.63) is 54.1 Å². The van der Waals surface area contributed by atoms with E-state index in [2.05, 4.69) is 0 Å². The zero-order chi connectivity index (χ0) is 24.8. The topological polar surface area (TPSA) is 112 Å². The van der Waals surface area contributed by atoms with Crippen LogP contribution in [0, 0.1) is 0 Å². The Kier molecular flexibility index (Phi) is 7.98. The smallest absolute Gasteiger partial charge is 0.308 e. The van der Waals surface area contributed by atoms with Crippen molar-refractivity contribution in [3.63, 3.8) is 0 Å². The van der Waals surface area contributed by atoms with Gasteiger partial charge in [0.2, 0.25) is 5.91 Å². The van der Waals surface area contributed by atoms with Crippen LogP contribution in [0.3, 0.4) is 0 Å². The number of hydrogen-bond donors (Lipinski definition) is 0. The third kappa shape index (κ3) is 5.41. The van der Waals surface area contributed by atoms with Crippen molar-refractivity contribution in [2.24, 2.45) is 0 Å². The van der Waals surface area contributed by atoms with Gasteiger partial charge in [0.1, 0.15) is 17.5 Å². The minimum Gasteiger partial charge on any atom is -0.497 e. The summed E-state index contributed by atoms with van der Waals surface area (Å²) in [4.78, 5) is 53.0. The first-order chi connectivity index (χ1) is 16.3. The minimum atomic E-state index is -1.05. The predicted molar refractivity (Wildman–Crippen MR) is 120 cm³/mol. The van der Waals surface area contributed by atoms with Gasteiger partial charge in [0.05, 0.1) is 25.8 Å². The fourth-order valence-corrected chi connectivity index (χ4v) is 3.62. The Hall–Kier alpha value is -3.76. The molecule has 0 saturated carbocycles. The maximum Gasteiger partial charge on any atom is 0.308 e. The Labute approximate surface area is 196 Å². The van der Waals surface area contributed by atoms with Gasteiger partial charge in [-0.15, -0.1) is 0 Å². The van der Waals surface area contributed by atoms with E-state index in [1.165, 1.54) is 57.4 Å². The molecule has 1 fully saturated rings. The number of imide groups is 1. The van der Waals surface area contributed by atoms with Crippen LogP contribution in [0.2, 0.25) is 0 Å². The largest absolute Gasteiger partial charge is 0.497 e. The quantitative estimate of drug-likeness (QED) is 0.237. The molecule has 1 saturated heterocycles. The van der Waals surface area contributed by atoms with Crippen LogP contribution in [0.4, 0.5) is 5.69 Å². The number of amides is 3. The van der Waals surface area contributed by atoms with E-state index in [1.807, 2.05) is 0 Å². The van der Waals surface area contributed by atoms with E-state index >= 15 is 0 Å². The zero-order valence-corrected chi connectivity index (χ0v) is 19.3. The van der Waals surface area contributed by atoms with Crippen LogP contribution in [-0.4, -0.2) is 68.8 Å². The Morgan fingerprint density at radius 3 is 2.09 bits per heavy atom. The number of carbonyl (C=O) groups is 4. The highest BCUT2D eigenvalue weighted by atomic mass is 16.7. The highest BCUT2D eigenvalue weighted by Gasteiger charge is 2.45. The maximum atomic E-state index is 13.4. The van der Waals surface area contributed by atoms with Crippen LogP contribution in [-0.2, 0) is 23.9 Å². The Bertz CT molecular complexity index is 1050. The summed E-state index contributed by atoms with van der Waals surface area (Å²) in [6, 6.07) is 11.3. The molecule has 3 amide bonds. The maximum absolute atomic E-state index is 13.4. The lowest BCUT2D eigenvalue weighted by atomic mass is 10.1. The number of rotatable bonds is 9. The monoisotopic (exact) mass is 470 g/mol. The summed E-state index contributed by atoms with van der Waals surface area (Å²) in [5.74, 6) is -1.11. The van der Waals surface area contributed by atoms with Crippen LogP contribution in [0.5, 0.6) is 11.5 Å². The van der Waals surface area contributed by atoms with Crippen molar-refractivity contribution in [3.8, 4) is 11.5 Å². The summed E-state index contributed by atoms with van der Waals surface area (Å²) >= 11 is 0. The van der Waals surface area contributed by atoms with Crippen LogP contribution in [0.15, 0.2) is 48.5 Å². The molecule has 10 heteroatoms. The number of ether oxygens (including phenoxy) is 4. The Morgan fingerprint density at radius 1 is 0.971 bits per heavy atom. The lowest BCUT2D eigenvalue weighted by Crippen LogP contribution is -2.49. The molecular weight excluding hydrogens is 444 g/mol. The molecule has 0 N–H and O–H groups in total. The van der Waals surface area contributed by atoms with Crippen LogP contribution in [0.1, 0.15) is 23.7 Å². The van der Waals surface area contributed by atoms with E-state index < -0.39 is 36.0 Å². The van der Waals surface area contributed by atoms with Gasteiger partial charge in [-0.2, -0.15) is 0 Å². The Morgan fingerprint density at radius 2 is 1.56 bits per heavy atom. The third-order valence-corrected chi connectivity index (χ3v) is 5.32. The summed E-state index contributed by atoms with van der Waals surface area (Å²) in [7, 11) is 4.35. The van der Waals surface area contributed by atoms with Crippen molar-refractivity contribution < 1.29 is 38.1 Å².